The van der Waals surface area contributed by atoms with Crippen molar-refractivity contribution in [3.63, 3.8) is 0 Å². The molecule has 1 heterocycles. The van der Waals surface area contributed by atoms with Crippen LogP contribution in [-0.4, -0.2) is 37.0 Å². The summed E-state index contributed by atoms with van der Waals surface area (Å²) < 4.78 is 0. The van der Waals surface area contributed by atoms with Crippen LogP contribution in [0.1, 0.15) is 44.2 Å². The van der Waals surface area contributed by atoms with E-state index in [2.05, 4.69) is 17.1 Å². The minimum atomic E-state index is -0.218. The van der Waals surface area contributed by atoms with Crippen LogP contribution >= 0.6 is 0 Å². The van der Waals surface area contributed by atoms with Crippen molar-refractivity contribution in [3.05, 3.63) is 35.9 Å². The molecule has 4 nitrogen and oxygen atoms in total. The van der Waals surface area contributed by atoms with E-state index in [4.69, 9.17) is 5.73 Å². The highest BCUT2D eigenvalue weighted by Crippen LogP contribution is 2.16. The first-order valence-electron chi connectivity index (χ1n) is 8.44. The van der Waals surface area contributed by atoms with Crippen molar-refractivity contribution in [1.82, 2.24) is 10.2 Å². The Morgan fingerprint density at radius 3 is 2.68 bits per heavy atom. The van der Waals surface area contributed by atoms with Gasteiger partial charge >= 0.3 is 0 Å². The number of hydrogen-bond donors (Lipinski definition) is 2. The van der Waals surface area contributed by atoms with Gasteiger partial charge in [-0.2, -0.15) is 0 Å². The summed E-state index contributed by atoms with van der Waals surface area (Å²) in [6.07, 6.45) is 3.97. The van der Waals surface area contributed by atoms with Crippen LogP contribution in [0.3, 0.4) is 0 Å². The predicted molar refractivity (Wildman–Crippen MR) is 90.5 cm³/mol. The molecule has 122 valence electrons. The van der Waals surface area contributed by atoms with Crippen molar-refractivity contribution in [2.75, 3.05) is 26.2 Å². The topological polar surface area (TPSA) is 58.4 Å². The molecule has 0 bridgehead atoms. The first kappa shape index (κ1) is 17.0. The fourth-order valence-corrected chi connectivity index (χ4v) is 2.91. The first-order chi connectivity index (χ1) is 10.6. The third kappa shape index (κ3) is 5.78. The van der Waals surface area contributed by atoms with E-state index in [0.29, 0.717) is 6.42 Å². The van der Waals surface area contributed by atoms with E-state index >= 15 is 0 Å². The highest BCUT2D eigenvalue weighted by molar-refractivity contribution is 5.76. The fourth-order valence-electron chi connectivity index (χ4n) is 2.91. The lowest BCUT2D eigenvalue weighted by Crippen LogP contribution is -2.35. The lowest BCUT2D eigenvalue weighted by Gasteiger charge is -2.30. The molecule has 1 aliphatic rings. The highest BCUT2D eigenvalue weighted by atomic mass is 16.1. The number of benzene rings is 1. The van der Waals surface area contributed by atoms with E-state index in [9.17, 15) is 4.79 Å². The van der Waals surface area contributed by atoms with Crippen molar-refractivity contribution >= 4 is 5.91 Å². The molecule has 0 aliphatic carbocycles. The molecule has 0 saturated carbocycles. The van der Waals surface area contributed by atoms with Crippen LogP contribution in [0.15, 0.2) is 30.3 Å². The Morgan fingerprint density at radius 2 is 2.00 bits per heavy atom. The maximum absolute atomic E-state index is 11.9. The molecule has 1 aliphatic heterocycles. The van der Waals surface area contributed by atoms with Crippen molar-refractivity contribution in [3.8, 4) is 0 Å². The number of rotatable bonds is 7. The Labute approximate surface area is 134 Å². The smallest absolute Gasteiger partial charge is 0.221 e. The minimum absolute atomic E-state index is 0.0450. The van der Waals surface area contributed by atoms with E-state index in [1.165, 1.54) is 25.9 Å². The number of amides is 1. The molecule has 1 atom stereocenters. The average molecular weight is 303 g/mol. The van der Waals surface area contributed by atoms with E-state index in [-0.39, 0.29) is 11.9 Å². The van der Waals surface area contributed by atoms with Gasteiger partial charge in [0.05, 0.1) is 0 Å². The van der Waals surface area contributed by atoms with Crippen LogP contribution in [0.25, 0.3) is 0 Å². The van der Waals surface area contributed by atoms with Gasteiger partial charge in [0.1, 0.15) is 0 Å². The van der Waals surface area contributed by atoms with Crippen LogP contribution in [0.2, 0.25) is 0 Å². The van der Waals surface area contributed by atoms with Crippen molar-refractivity contribution in [1.29, 1.82) is 0 Å². The summed E-state index contributed by atoms with van der Waals surface area (Å²) in [6.45, 7) is 6.56. The zero-order valence-electron chi connectivity index (χ0n) is 13.6. The normalized spacial score (nSPS) is 18.1. The van der Waals surface area contributed by atoms with Crippen LogP contribution < -0.4 is 11.1 Å². The van der Waals surface area contributed by atoms with Gasteiger partial charge in [0.15, 0.2) is 0 Å². The SMILES string of the molecule is CC1CCN(CCCNC(=O)CC(N)c2ccccc2)CC1. The van der Waals surface area contributed by atoms with Crippen molar-refractivity contribution < 1.29 is 4.79 Å². The zero-order chi connectivity index (χ0) is 15.8. The van der Waals surface area contributed by atoms with E-state index in [1.807, 2.05) is 30.3 Å². The number of hydrogen-bond acceptors (Lipinski definition) is 3. The summed E-state index contributed by atoms with van der Waals surface area (Å²) in [6, 6.07) is 9.58. The summed E-state index contributed by atoms with van der Waals surface area (Å²) in [5.74, 6) is 0.916. The second-order valence-corrected chi connectivity index (χ2v) is 6.45. The third-order valence-electron chi connectivity index (χ3n) is 4.48. The van der Waals surface area contributed by atoms with Gasteiger partial charge in [-0.15, -0.1) is 0 Å². The summed E-state index contributed by atoms with van der Waals surface area (Å²) >= 11 is 0. The predicted octanol–water partition coefficient (Wildman–Crippen LogP) is 2.31. The second-order valence-electron chi connectivity index (χ2n) is 6.45. The molecule has 1 unspecified atom stereocenters. The maximum Gasteiger partial charge on any atom is 0.221 e. The monoisotopic (exact) mass is 303 g/mol. The second kappa shape index (κ2) is 8.91. The molecule has 0 aromatic heterocycles. The lowest BCUT2D eigenvalue weighted by atomic mass is 9.99. The number of nitrogens with two attached hydrogens (primary N) is 1. The quantitative estimate of drug-likeness (QED) is 0.760. The van der Waals surface area contributed by atoms with Gasteiger partial charge in [0.2, 0.25) is 5.91 Å². The Hall–Kier alpha value is -1.39. The van der Waals surface area contributed by atoms with Crippen molar-refractivity contribution in [2.24, 2.45) is 11.7 Å². The van der Waals surface area contributed by atoms with Gasteiger partial charge in [-0.1, -0.05) is 37.3 Å². The molecule has 22 heavy (non-hydrogen) atoms. The highest BCUT2D eigenvalue weighted by Gasteiger charge is 2.15. The number of likely N-dealkylation sites (tertiary alicyclic amines) is 1. The van der Waals surface area contributed by atoms with Crippen LogP contribution in [0, 0.1) is 5.92 Å². The van der Waals surface area contributed by atoms with Crippen molar-refractivity contribution in [2.45, 2.75) is 38.6 Å². The minimum Gasteiger partial charge on any atom is -0.356 e. The molecule has 3 N–H and O–H groups in total. The van der Waals surface area contributed by atoms with Gasteiger partial charge in [-0.05, 0) is 50.4 Å². The first-order valence-corrected chi connectivity index (χ1v) is 8.44. The van der Waals surface area contributed by atoms with Crippen LogP contribution in [0.5, 0.6) is 0 Å². The molecule has 2 rings (SSSR count). The molecule has 0 spiro atoms. The van der Waals surface area contributed by atoms with Gasteiger partial charge in [0, 0.05) is 19.0 Å². The third-order valence-corrected chi connectivity index (χ3v) is 4.48. The number of piperidine rings is 1. The van der Waals surface area contributed by atoms with Crippen LogP contribution in [-0.2, 0) is 4.79 Å². The Balaban J connectivity index is 1.58. The number of carbonyl (C=O) groups is 1. The standard InChI is InChI=1S/C18H29N3O/c1-15-8-12-21(13-9-15)11-5-10-20-18(22)14-17(19)16-6-3-2-4-7-16/h2-4,6-7,15,17H,5,8-14,19H2,1H3,(H,20,22). The largest absolute Gasteiger partial charge is 0.356 e. The molecule has 1 aromatic rings. The van der Waals surface area contributed by atoms with Crippen LogP contribution in [0.4, 0.5) is 0 Å². The van der Waals surface area contributed by atoms with Gasteiger partial charge in [-0.3, -0.25) is 4.79 Å². The fraction of sp³-hybridized carbons (Fsp3) is 0.611. The Morgan fingerprint density at radius 1 is 1.32 bits per heavy atom. The zero-order valence-corrected chi connectivity index (χ0v) is 13.6. The van der Waals surface area contributed by atoms with Gasteiger partial charge in [0.25, 0.3) is 0 Å². The number of nitrogens with zero attached hydrogens (tertiary/aromatic N) is 1. The molecule has 1 saturated heterocycles. The Bertz CT molecular complexity index is 441. The van der Waals surface area contributed by atoms with E-state index < -0.39 is 0 Å². The summed E-state index contributed by atoms with van der Waals surface area (Å²) in [5, 5.41) is 2.99. The number of carbonyl (C=O) groups excluding carboxylic acids is 1. The van der Waals surface area contributed by atoms with Gasteiger partial charge < -0.3 is 16.0 Å². The molecular weight excluding hydrogens is 274 g/mol. The lowest BCUT2D eigenvalue weighted by molar-refractivity contribution is -0.121. The summed E-state index contributed by atoms with van der Waals surface area (Å²) in [7, 11) is 0. The van der Waals surface area contributed by atoms with E-state index in [0.717, 1.165) is 31.0 Å². The maximum atomic E-state index is 11.9. The molecule has 1 fully saturated rings. The molecule has 1 amide bonds. The summed E-state index contributed by atoms with van der Waals surface area (Å²) in [5.41, 5.74) is 7.07. The Kier molecular flexibility index (Phi) is 6.87. The molecule has 4 heteroatoms. The summed E-state index contributed by atoms with van der Waals surface area (Å²) in [4.78, 5) is 14.4. The molecule has 0 radical (unpaired) electrons. The van der Waals surface area contributed by atoms with Gasteiger partial charge in [-0.25, -0.2) is 0 Å². The average Bonchev–Trinajstić information content (AvgIpc) is 2.54. The van der Waals surface area contributed by atoms with E-state index in [1.54, 1.807) is 0 Å². The number of nitrogens with one attached hydrogen (secondary N) is 1. The molecular formula is C18H29N3O. The molecule has 1 aromatic carbocycles.